The largest absolute Gasteiger partial charge is 0.493 e. The van der Waals surface area contributed by atoms with Crippen LogP contribution < -0.4 is 30.7 Å². The fraction of sp³-hybridized carbons (Fsp3) is 0.591. The van der Waals surface area contributed by atoms with E-state index in [4.69, 9.17) is 29.4 Å². The molecule has 0 spiro atoms. The number of hydrogen-bond acceptors (Lipinski definition) is 12. The van der Waals surface area contributed by atoms with E-state index in [-0.39, 0.29) is 0 Å². The molecule has 12 heteroatoms. The van der Waals surface area contributed by atoms with Gasteiger partial charge < -0.3 is 45.0 Å². The number of hydrogen-bond donors (Lipinski definition) is 3. The SMILES string of the molecule is COc1cccc(CNc2nc(NCCOCCOCCN)nc(N3CCOCC3)n2)c1OC. The number of benzene rings is 1. The van der Waals surface area contributed by atoms with Crippen molar-refractivity contribution in [3.63, 3.8) is 0 Å². The third-order valence-corrected chi connectivity index (χ3v) is 5.00. The maximum Gasteiger partial charge on any atom is 0.232 e. The quantitative estimate of drug-likeness (QED) is 0.312. The molecule has 188 valence electrons. The second-order valence-corrected chi connectivity index (χ2v) is 7.33. The van der Waals surface area contributed by atoms with E-state index in [1.165, 1.54) is 0 Å². The molecule has 1 aliphatic heterocycles. The van der Waals surface area contributed by atoms with Gasteiger partial charge in [0.1, 0.15) is 0 Å². The minimum atomic E-state index is 0.457. The van der Waals surface area contributed by atoms with Crippen LogP contribution in [-0.4, -0.2) is 95.0 Å². The van der Waals surface area contributed by atoms with Crippen LogP contribution in [-0.2, 0) is 20.8 Å². The van der Waals surface area contributed by atoms with Gasteiger partial charge in [-0.15, -0.1) is 0 Å². The second-order valence-electron chi connectivity index (χ2n) is 7.33. The number of morpholine rings is 1. The average molecular weight is 478 g/mol. The lowest BCUT2D eigenvalue weighted by Gasteiger charge is -2.27. The number of methoxy groups -OCH3 is 2. The number of para-hydroxylation sites is 1. The molecule has 1 aromatic heterocycles. The summed E-state index contributed by atoms with van der Waals surface area (Å²) in [6, 6.07) is 5.74. The molecule has 0 aliphatic carbocycles. The number of nitrogens with zero attached hydrogens (tertiary/aromatic N) is 4. The van der Waals surface area contributed by atoms with Gasteiger partial charge in [0.25, 0.3) is 0 Å². The topological polar surface area (TPSA) is 138 Å². The van der Waals surface area contributed by atoms with Crippen LogP contribution in [0.5, 0.6) is 11.5 Å². The van der Waals surface area contributed by atoms with Crippen LogP contribution in [0.1, 0.15) is 5.56 Å². The van der Waals surface area contributed by atoms with E-state index in [0.717, 1.165) is 18.7 Å². The summed E-state index contributed by atoms with van der Waals surface area (Å²) in [6.45, 7) is 6.29. The Bertz CT molecular complexity index is 868. The third-order valence-electron chi connectivity index (χ3n) is 5.00. The highest BCUT2D eigenvalue weighted by Gasteiger charge is 2.17. The summed E-state index contributed by atoms with van der Waals surface area (Å²) in [7, 11) is 3.24. The fourth-order valence-electron chi connectivity index (χ4n) is 3.34. The Morgan fingerprint density at radius 3 is 2.38 bits per heavy atom. The Morgan fingerprint density at radius 2 is 1.68 bits per heavy atom. The fourth-order valence-corrected chi connectivity index (χ4v) is 3.34. The lowest BCUT2D eigenvalue weighted by atomic mass is 10.2. The summed E-state index contributed by atoms with van der Waals surface area (Å²) in [5.74, 6) is 2.87. The molecule has 1 aromatic carbocycles. The molecule has 0 bridgehead atoms. The smallest absolute Gasteiger partial charge is 0.232 e. The van der Waals surface area contributed by atoms with Crippen LogP contribution in [0.4, 0.5) is 17.8 Å². The van der Waals surface area contributed by atoms with Gasteiger partial charge in [-0.25, -0.2) is 0 Å². The molecular formula is C22H35N7O5. The van der Waals surface area contributed by atoms with Gasteiger partial charge in [0.05, 0.1) is 53.9 Å². The lowest BCUT2D eigenvalue weighted by molar-refractivity contribution is 0.0547. The zero-order chi connectivity index (χ0) is 24.0. The number of anilines is 3. The number of aromatic nitrogens is 3. The highest BCUT2D eigenvalue weighted by Crippen LogP contribution is 2.31. The molecule has 1 fully saturated rings. The highest BCUT2D eigenvalue weighted by atomic mass is 16.5. The summed E-state index contributed by atoms with van der Waals surface area (Å²) >= 11 is 0. The monoisotopic (exact) mass is 477 g/mol. The highest BCUT2D eigenvalue weighted by molar-refractivity contribution is 5.49. The van der Waals surface area contributed by atoms with Crippen molar-refractivity contribution in [2.45, 2.75) is 6.54 Å². The van der Waals surface area contributed by atoms with Gasteiger partial charge in [-0.1, -0.05) is 12.1 Å². The van der Waals surface area contributed by atoms with Crippen LogP contribution in [0.2, 0.25) is 0 Å². The van der Waals surface area contributed by atoms with Crippen molar-refractivity contribution in [2.75, 3.05) is 95.6 Å². The molecule has 2 aromatic rings. The predicted octanol–water partition coefficient (Wildman–Crippen LogP) is 0.741. The Labute approximate surface area is 200 Å². The first kappa shape index (κ1) is 25.7. The molecule has 0 atom stereocenters. The van der Waals surface area contributed by atoms with Crippen molar-refractivity contribution in [3.05, 3.63) is 23.8 Å². The van der Waals surface area contributed by atoms with Crippen LogP contribution in [0.15, 0.2) is 18.2 Å². The van der Waals surface area contributed by atoms with Gasteiger partial charge in [0, 0.05) is 38.3 Å². The predicted molar refractivity (Wildman–Crippen MR) is 129 cm³/mol. The van der Waals surface area contributed by atoms with Crippen LogP contribution in [0.25, 0.3) is 0 Å². The maximum atomic E-state index is 5.56. The normalized spacial score (nSPS) is 13.6. The molecule has 1 saturated heterocycles. The third kappa shape index (κ3) is 7.83. The Balaban J connectivity index is 1.63. The van der Waals surface area contributed by atoms with Crippen molar-refractivity contribution in [1.82, 2.24) is 15.0 Å². The summed E-state index contributed by atoms with van der Waals surface area (Å²) in [5, 5.41) is 6.50. The van der Waals surface area contributed by atoms with Gasteiger partial charge >= 0.3 is 0 Å². The molecular weight excluding hydrogens is 442 g/mol. The molecule has 2 heterocycles. The van der Waals surface area contributed by atoms with Crippen molar-refractivity contribution < 1.29 is 23.7 Å². The molecule has 34 heavy (non-hydrogen) atoms. The maximum absolute atomic E-state index is 5.56. The van der Waals surface area contributed by atoms with Gasteiger partial charge in [0.2, 0.25) is 17.8 Å². The van der Waals surface area contributed by atoms with Crippen LogP contribution in [0.3, 0.4) is 0 Å². The first-order valence-electron chi connectivity index (χ1n) is 11.4. The van der Waals surface area contributed by atoms with Crippen molar-refractivity contribution in [2.24, 2.45) is 5.73 Å². The van der Waals surface area contributed by atoms with E-state index in [0.29, 0.717) is 88.6 Å². The zero-order valence-corrected chi connectivity index (χ0v) is 19.9. The molecule has 0 saturated carbocycles. The number of nitrogens with two attached hydrogens (primary N) is 1. The summed E-state index contributed by atoms with van der Waals surface area (Å²) in [5.41, 5.74) is 6.32. The van der Waals surface area contributed by atoms with Gasteiger partial charge in [0.15, 0.2) is 11.5 Å². The van der Waals surface area contributed by atoms with E-state index in [9.17, 15) is 0 Å². The van der Waals surface area contributed by atoms with E-state index in [1.54, 1.807) is 14.2 Å². The van der Waals surface area contributed by atoms with E-state index >= 15 is 0 Å². The van der Waals surface area contributed by atoms with Gasteiger partial charge in [-0.3, -0.25) is 0 Å². The molecule has 0 amide bonds. The number of nitrogens with one attached hydrogen (secondary N) is 2. The average Bonchev–Trinajstić information content (AvgIpc) is 2.89. The summed E-state index contributed by atoms with van der Waals surface area (Å²) < 4.78 is 27.2. The Kier molecular flexibility index (Phi) is 10.8. The van der Waals surface area contributed by atoms with Gasteiger partial charge in [-0.2, -0.15) is 15.0 Å². The minimum absolute atomic E-state index is 0.457. The first-order chi connectivity index (χ1) is 16.7. The molecule has 0 unspecified atom stereocenters. The van der Waals surface area contributed by atoms with Crippen LogP contribution >= 0.6 is 0 Å². The zero-order valence-electron chi connectivity index (χ0n) is 19.9. The van der Waals surface area contributed by atoms with E-state index in [1.807, 2.05) is 18.2 Å². The number of rotatable bonds is 15. The minimum Gasteiger partial charge on any atom is -0.493 e. The molecule has 0 radical (unpaired) electrons. The molecule has 3 rings (SSSR count). The second kappa shape index (κ2) is 14.4. The van der Waals surface area contributed by atoms with E-state index < -0.39 is 0 Å². The van der Waals surface area contributed by atoms with Crippen molar-refractivity contribution in [1.29, 1.82) is 0 Å². The molecule has 12 nitrogen and oxygen atoms in total. The first-order valence-corrected chi connectivity index (χ1v) is 11.4. The van der Waals surface area contributed by atoms with E-state index in [2.05, 4.69) is 30.5 Å². The number of ether oxygens (including phenoxy) is 5. The standard InChI is InChI=1S/C22H35N7O5/c1-30-18-5-3-4-17(19(18)31-2)16-25-21-26-20(24-7-11-33-15-14-32-10-6-23)27-22(28-21)29-8-12-34-13-9-29/h3-5H,6-16,23H2,1-2H3,(H2,24,25,26,27,28). The van der Waals surface area contributed by atoms with Crippen molar-refractivity contribution in [3.8, 4) is 11.5 Å². The Hall–Kier alpha value is -2.93. The Morgan fingerprint density at radius 1 is 0.941 bits per heavy atom. The summed E-state index contributed by atoms with van der Waals surface area (Å²) in [4.78, 5) is 15.8. The summed E-state index contributed by atoms with van der Waals surface area (Å²) in [6.07, 6.45) is 0. The molecule has 1 aliphatic rings. The molecule has 4 N–H and O–H groups in total. The lowest BCUT2D eigenvalue weighted by Crippen LogP contribution is -2.37. The van der Waals surface area contributed by atoms with Crippen LogP contribution in [0, 0.1) is 0 Å². The van der Waals surface area contributed by atoms with Crippen molar-refractivity contribution >= 4 is 17.8 Å². The van der Waals surface area contributed by atoms with Gasteiger partial charge in [-0.05, 0) is 6.07 Å².